The molecule has 1 aromatic carbocycles. The van der Waals surface area contributed by atoms with E-state index in [2.05, 4.69) is 52.9 Å². The van der Waals surface area contributed by atoms with E-state index in [1.807, 2.05) is 26.2 Å². The van der Waals surface area contributed by atoms with Gasteiger partial charge in [0.1, 0.15) is 5.75 Å². The number of rotatable bonds is 4. The van der Waals surface area contributed by atoms with Crippen molar-refractivity contribution < 1.29 is 22.7 Å². The molecule has 2 aliphatic carbocycles. The van der Waals surface area contributed by atoms with Crippen molar-refractivity contribution in [3.63, 3.8) is 0 Å². The molecule has 1 N–H and O–H groups in total. The third-order valence-electron chi connectivity index (χ3n) is 10.9. The number of halogens is 1. The zero-order valence-corrected chi connectivity index (χ0v) is 29.7. The molecule has 2 aliphatic heterocycles. The quantitative estimate of drug-likeness (QED) is 0.364. The van der Waals surface area contributed by atoms with E-state index in [0.717, 1.165) is 75.3 Å². The fourth-order valence-electron chi connectivity index (χ4n) is 7.46. The van der Waals surface area contributed by atoms with E-state index >= 15 is 0 Å². The summed E-state index contributed by atoms with van der Waals surface area (Å²) in [5.41, 5.74) is 2.03. The molecule has 10 heteroatoms. The summed E-state index contributed by atoms with van der Waals surface area (Å²) in [6.45, 7) is 6.60. The van der Waals surface area contributed by atoms with Crippen molar-refractivity contribution in [3.8, 4) is 5.75 Å². The number of hydrogen-bond acceptors (Lipinski definition) is 7. The van der Waals surface area contributed by atoms with Gasteiger partial charge in [0.15, 0.2) is 0 Å². The highest BCUT2D eigenvalue weighted by atomic mass is 35.5. The lowest BCUT2D eigenvalue weighted by atomic mass is 9.63. The van der Waals surface area contributed by atoms with Gasteiger partial charge in [0.2, 0.25) is 10.0 Å². The van der Waals surface area contributed by atoms with Crippen molar-refractivity contribution in [1.82, 2.24) is 9.62 Å². The molecule has 1 saturated carbocycles. The number of fused-ring (bicyclic) bond motifs is 3. The number of carbonyl (C=O) groups is 1. The van der Waals surface area contributed by atoms with E-state index in [9.17, 15) is 13.2 Å². The number of ether oxygens (including phenoxy) is 2. The number of anilines is 1. The van der Waals surface area contributed by atoms with Crippen LogP contribution in [0.25, 0.3) is 0 Å². The fraction of sp³-hybridized carbons (Fsp3) is 0.639. The van der Waals surface area contributed by atoms with Gasteiger partial charge in [-0.05, 0) is 114 Å². The van der Waals surface area contributed by atoms with Crippen LogP contribution in [0.5, 0.6) is 5.75 Å². The van der Waals surface area contributed by atoms with Crippen LogP contribution in [-0.4, -0.2) is 77.5 Å². The van der Waals surface area contributed by atoms with Crippen LogP contribution in [0.2, 0.25) is 0 Å². The Labute approximate surface area is 281 Å². The van der Waals surface area contributed by atoms with Crippen LogP contribution in [-0.2, 0) is 14.8 Å². The number of methoxy groups -OCH3 is 1. The van der Waals surface area contributed by atoms with Crippen LogP contribution >= 0.6 is 11.6 Å². The first kappa shape index (κ1) is 35.0. The zero-order chi connectivity index (χ0) is 33.1. The molecule has 1 unspecified atom stereocenters. The molecule has 0 radical (unpaired) electrons. The van der Waals surface area contributed by atoms with E-state index in [1.165, 1.54) is 5.57 Å². The molecule has 4 aliphatic rings. The normalized spacial score (nSPS) is 32.7. The van der Waals surface area contributed by atoms with Gasteiger partial charge in [0, 0.05) is 43.3 Å². The van der Waals surface area contributed by atoms with Crippen LogP contribution in [0.15, 0.2) is 53.1 Å². The summed E-state index contributed by atoms with van der Waals surface area (Å²) in [5.74, 6) is 0.847. The summed E-state index contributed by atoms with van der Waals surface area (Å²) in [6, 6.07) is 5.35. The number of sulfonamides is 1. The Bertz CT molecular complexity index is 1460. The number of carbonyl (C=O) groups excluding carboxylic acids is 1. The number of benzene rings is 1. The van der Waals surface area contributed by atoms with Gasteiger partial charge in [-0.2, -0.15) is 0 Å². The van der Waals surface area contributed by atoms with E-state index in [-0.39, 0.29) is 11.8 Å². The van der Waals surface area contributed by atoms with E-state index in [1.54, 1.807) is 13.0 Å². The van der Waals surface area contributed by atoms with E-state index in [4.69, 9.17) is 21.1 Å². The largest absolute Gasteiger partial charge is 0.491 e. The first-order chi connectivity index (χ1) is 21.9. The van der Waals surface area contributed by atoms with Gasteiger partial charge in [0.25, 0.3) is 5.91 Å². The summed E-state index contributed by atoms with van der Waals surface area (Å²) in [7, 11) is 2.07. The highest BCUT2D eigenvalue weighted by Crippen LogP contribution is 2.48. The molecule has 46 heavy (non-hydrogen) atoms. The number of allylic oxidation sites excluding steroid dienone is 4. The third kappa shape index (κ3) is 7.86. The number of nitrogens with zero attached hydrogens (tertiary/aromatic N) is 2. The van der Waals surface area contributed by atoms with Crippen molar-refractivity contribution in [1.29, 1.82) is 0 Å². The van der Waals surface area contributed by atoms with Gasteiger partial charge in [-0.3, -0.25) is 4.79 Å². The average molecular weight is 674 g/mol. The predicted molar refractivity (Wildman–Crippen MR) is 186 cm³/mol. The van der Waals surface area contributed by atoms with Crippen molar-refractivity contribution in [3.05, 3.63) is 58.7 Å². The minimum Gasteiger partial charge on any atom is -0.491 e. The molecule has 0 spiro atoms. The van der Waals surface area contributed by atoms with Gasteiger partial charge < -0.3 is 19.3 Å². The van der Waals surface area contributed by atoms with Crippen LogP contribution in [0.3, 0.4) is 0 Å². The summed E-state index contributed by atoms with van der Waals surface area (Å²) >= 11 is 6.41. The molecule has 1 fully saturated rings. The lowest BCUT2D eigenvalue weighted by Gasteiger charge is -2.50. The van der Waals surface area contributed by atoms with E-state index < -0.39 is 26.8 Å². The second kappa shape index (κ2) is 14.8. The van der Waals surface area contributed by atoms with Crippen LogP contribution in [0, 0.1) is 23.7 Å². The Hall–Kier alpha value is -2.33. The van der Waals surface area contributed by atoms with Crippen LogP contribution in [0.1, 0.15) is 75.6 Å². The Morgan fingerprint density at radius 1 is 1.17 bits per heavy atom. The lowest BCUT2D eigenvalue weighted by Crippen LogP contribution is -2.52. The Kier molecular flexibility index (Phi) is 11.3. The monoisotopic (exact) mass is 673 g/mol. The maximum Gasteiger partial charge on any atom is 0.264 e. The standard InChI is InChI=1S/C36H52ClN3O5S/c1-25-9-8-17-36(44-5,18-20-39(3)4)32-15-12-29(32)23-40-19-7-6-10-27-21-31(37)14-11-30(27)24-45-34-16-13-28(22-33(34)40)35(41)38-46(42,43)26(25)2/h8,13-14,16-17,21-22,25-26,29-30,32H,6-7,9-12,15,18-20,23-24H2,1-5H3,(H,38,41)/b17-8+/t25-,26+,29-,30?,32+,36-/m0/s1. The lowest BCUT2D eigenvalue weighted by molar-refractivity contribution is -0.0822. The molecule has 1 aromatic rings. The van der Waals surface area contributed by atoms with Gasteiger partial charge in [-0.15, -0.1) is 0 Å². The average Bonchev–Trinajstić information content (AvgIpc) is 3.03. The van der Waals surface area contributed by atoms with Crippen molar-refractivity contribution >= 4 is 33.2 Å². The summed E-state index contributed by atoms with van der Waals surface area (Å²) < 4.78 is 42.2. The molecule has 0 aromatic heterocycles. The molecule has 5 rings (SSSR count). The minimum absolute atomic E-state index is 0.199. The molecule has 6 atom stereocenters. The molecule has 2 bridgehead atoms. The van der Waals surface area contributed by atoms with Gasteiger partial charge >= 0.3 is 0 Å². The second-order valence-electron chi connectivity index (χ2n) is 14.1. The van der Waals surface area contributed by atoms with Gasteiger partial charge in [-0.25, -0.2) is 13.1 Å². The SMILES string of the molecule is CO[C@]1(CCN(C)C)/C=C/C[C@H](C)[C@@H](C)S(=O)(=O)NC(=O)c2ccc3c(c2)N(CCCCC2=CC(Cl)=CCC2CO3)C[C@@H]2CC[C@H]21. The zero-order valence-electron chi connectivity index (χ0n) is 28.1. The van der Waals surface area contributed by atoms with Crippen molar-refractivity contribution in [2.75, 3.05) is 52.3 Å². The maximum absolute atomic E-state index is 13.5. The van der Waals surface area contributed by atoms with Crippen molar-refractivity contribution in [2.24, 2.45) is 23.7 Å². The Morgan fingerprint density at radius 3 is 2.70 bits per heavy atom. The molecule has 1 amide bonds. The number of nitrogens with one attached hydrogen (secondary N) is 1. The summed E-state index contributed by atoms with van der Waals surface area (Å²) in [5, 5.41) is 0.0343. The van der Waals surface area contributed by atoms with Crippen LogP contribution in [0.4, 0.5) is 5.69 Å². The predicted octanol–water partition coefficient (Wildman–Crippen LogP) is 6.53. The summed E-state index contributed by atoms with van der Waals surface area (Å²) in [6.07, 6.45) is 15.9. The Balaban J connectivity index is 1.56. The van der Waals surface area contributed by atoms with Crippen LogP contribution < -0.4 is 14.4 Å². The first-order valence-electron chi connectivity index (χ1n) is 16.9. The smallest absolute Gasteiger partial charge is 0.264 e. The molecular weight excluding hydrogens is 622 g/mol. The molecule has 8 nitrogen and oxygen atoms in total. The fourth-order valence-corrected chi connectivity index (χ4v) is 8.97. The third-order valence-corrected chi connectivity index (χ3v) is 13.0. The minimum atomic E-state index is -3.92. The number of hydrogen-bond donors (Lipinski definition) is 1. The molecule has 254 valence electrons. The topological polar surface area (TPSA) is 88.2 Å². The first-order valence-corrected chi connectivity index (χ1v) is 18.9. The molecule has 0 saturated heterocycles. The van der Waals surface area contributed by atoms with Gasteiger partial charge in [-0.1, -0.05) is 42.3 Å². The second-order valence-corrected chi connectivity index (χ2v) is 16.6. The van der Waals surface area contributed by atoms with Crippen molar-refractivity contribution in [2.45, 2.75) is 76.1 Å². The van der Waals surface area contributed by atoms with Gasteiger partial charge in [0.05, 0.1) is 23.1 Å². The molecule has 2 heterocycles. The highest BCUT2D eigenvalue weighted by molar-refractivity contribution is 7.90. The maximum atomic E-state index is 13.5. The van der Waals surface area contributed by atoms with E-state index in [0.29, 0.717) is 36.2 Å². The Morgan fingerprint density at radius 2 is 1.98 bits per heavy atom. The molecular formula is C36H52ClN3O5S. The highest BCUT2D eigenvalue weighted by Gasteiger charge is 2.47. The number of amides is 1. The summed E-state index contributed by atoms with van der Waals surface area (Å²) in [4.78, 5) is 18.0.